The molecule has 1 aliphatic rings. The summed E-state index contributed by atoms with van der Waals surface area (Å²) in [5.41, 5.74) is 4.76. The van der Waals surface area contributed by atoms with Gasteiger partial charge in [0.1, 0.15) is 0 Å². The van der Waals surface area contributed by atoms with Crippen LogP contribution in [0.3, 0.4) is 0 Å². The fourth-order valence-corrected chi connectivity index (χ4v) is 1.42. The van der Waals surface area contributed by atoms with E-state index in [4.69, 9.17) is 10.5 Å². The molecule has 1 aliphatic heterocycles. The van der Waals surface area contributed by atoms with Crippen LogP contribution in [0.15, 0.2) is 12.2 Å². The molecule has 2 amide bonds. The van der Waals surface area contributed by atoms with Gasteiger partial charge in [-0.05, 0) is 6.42 Å². The second-order valence-corrected chi connectivity index (χ2v) is 3.12. The van der Waals surface area contributed by atoms with E-state index >= 15 is 0 Å². The van der Waals surface area contributed by atoms with Gasteiger partial charge < -0.3 is 15.2 Å². The van der Waals surface area contributed by atoms with Crippen molar-refractivity contribution in [3.05, 3.63) is 12.2 Å². The highest BCUT2D eigenvalue weighted by molar-refractivity contribution is 5.82. The first-order chi connectivity index (χ1) is 7.15. The van der Waals surface area contributed by atoms with Crippen molar-refractivity contribution in [3.8, 4) is 0 Å². The number of carbonyl (C=O) groups excluding carboxylic acids is 2. The third-order valence-corrected chi connectivity index (χ3v) is 2.06. The van der Waals surface area contributed by atoms with Crippen LogP contribution in [-0.2, 0) is 9.47 Å². The van der Waals surface area contributed by atoms with Crippen LogP contribution >= 0.6 is 0 Å². The maximum absolute atomic E-state index is 11.4. The molecule has 0 aromatic carbocycles. The zero-order valence-electron chi connectivity index (χ0n) is 8.51. The summed E-state index contributed by atoms with van der Waals surface area (Å²) in [6, 6.07) is -0.199. The molecule has 0 bridgehead atoms. The van der Waals surface area contributed by atoms with E-state index in [0.29, 0.717) is 13.2 Å². The zero-order chi connectivity index (χ0) is 11.3. The van der Waals surface area contributed by atoms with Crippen molar-refractivity contribution in [1.29, 1.82) is 0 Å². The van der Waals surface area contributed by atoms with E-state index in [1.807, 2.05) is 12.2 Å². The quantitative estimate of drug-likeness (QED) is 0.535. The topological polar surface area (TPSA) is 81.9 Å². The Balaban J connectivity index is 2.61. The molecule has 0 aliphatic carbocycles. The molecule has 1 heterocycles. The SMILES string of the molecule is COCC1C=CCCN1C(=O)OC(N)=O. The molecule has 0 saturated heterocycles. The first-order valence-electron chi connectivity index (χ1n) is 4.58. The third-order valence-electron chi connectivity index (χ3n) is 2.06. The van der Waals surface area contributed by atoms with Gasteiger partial charge in [-0.3, -0.25) is 4.90 Å². The van der Waals surface area contributed by atoms with Gasteiger partial charge in [-0.25, -0.2) is 9.59 Å². The Labute approximate surface area is 87.6 Å². The lowest BCUT2D eigenvalue weighted by atomic mass is 10.1. The van der Waals surface area contributed by atoms with Gasteiger partial charge in [0.05, 0.1) is 12.6 Å². The molecule has 2 N–H and O–H groups in total. The molecule has 0 aromatic heterocycles. The number of nitrogens with zero attached hydrogens (tertiary/aromatic N) is 1. The largest absolute Gasteiger partial charge is 0.419 e. The number of amides is 2. The first-order valence-corrected chi connectivity index (χ1v) is 4.58. The van der Waals surface area contributed by atoms with Crippen molar-refractivity contribution in [3.63, 3.8) is 0 Å². The molecule has 1 unspecified atom stereocenters. The van der Waals surface area contributed by atoms with Crippen LogP contribution in [0, 0.1) is 0 Å². The Kier molecular flexibility index (Phi) is 4.11. The highest BCUT2D eigenvalue weighted by atomic mass is 16.6. The van der Waals surface area contributed by atoms with Crippen LogP contribution in [0.4, 0.5) is 9.59 Å². The third kappa shape index (κ3) is 3.25. The van der Waals surface area contributed by atoms with Crippen LogP contribution in [0.2, 0.25) is 0 Å². The molecule has 0 aromatic rings. The van der Waals surface area contributed by atoms with Crippen LogP contribution in [0.1, 0.15) is 6.42 Å². The van der Waals surface area contributed by atoms with E-state index in [1.54, 1.807) is 7.11 Å². The molecule has 0 spiro atoms. The van der Waals surface area contributed by atoms with Crippen molar-refractivity contribution in [2.24, 2.45) is 5.73 Å². The van der Waals surface area contributed by atoms with E-state index in [1.165, 1.54) is 4.90 Å². The Morgan fingerprint density at radius 2 is 2.33 bits per heavy atom. The highest BCUT2D eigenvalue weighted by Crippen LogP contribution is 2.11. The van der Waals surface area contributed by atoms with E-state index in [9.17, 15) is 9.59 Å². The summed E-state index contributed by atoms with van der Waals surface area (Å²) < 4.78 is 9.25. The van der Waals surface area contributed by atoms with Crippen molar-refractivity contribution in [2.75, 3.05) is 20.3 Å². The van der Waals surface area contributed by atoms with Crippen LogP contribution in [0.25, 0.3) is 0 Å². The molecule has 0 radical (unpaired) electrons. The Morgan fingerprint density at radius 1 is 1.60 bits per heavy atom. The van der Waals surface area contributed by atoms with E-state index in [0.717, 1.165) is 6.42 Å². The minimum atomic E-state index is -1.09. The number of ether oxygens (including phenoxy) is 2. The molecular weight excluding hydrogens is 200 g/mol. The van der Waals surface area contributed by atoms with E-state index in [-0.39, 0.29) is 6.04 Å². The second kappa shape index (κ2) is 5.35. The summed E-state index contributed by atoms with van der Waals surface area (Å²) in [5, 5.41) is 0. The zero-order valence-corrected chi connectivity index (χ0v) is 8.51. The standard InChI is InChI=1S/C9H14N2O4/c1-14-6-7-4-2-3-5-11(7)9(13)15-8(10)12/h2,4,7H,3,5-6H2,1H3,(H2,10,12). The first kappa shape index (κ1) is 11.5. The molecule has 84 valence electrons. The summed E-state index contributed by atoms with van der Waals surface area (Å²) in [4.78, 5) is 23.2. The highest BCUT2D eigenvalue weighted by Gasteiger charge is 2.25. The van der Waals surface area contributed by atoms with Gasteiger partial charge in [0.2, 0.25) is 0 Å². The fourth-order valence-electron chi connectivity index (χ4n) is 1.42. The number of rotatable bonds is 2. The number of hydrogen-bond donors (Lipinski definition) is 1. The Bertz CT molecular complexity index is 277. The second-order valence-electron chi connectivity index (χ2n) is 3.12. The van der Waals surface area contributed by atoms with Crippen LogP contribution in [-0.4, -0.2) is 43.4 Å². The predicted molar refractivity (Wildman–Crippen MR) is 52.2 cm³/mol. The van der Waals surface area contributed by atoms with Gasteiger partial charge >= 0.3 is 12.2 Å². The molecular formula is C9H14N2O4. The minimum absolute atomic E-state index is 0.199. The van der Waals surface area contributed by atoms with Crippen LogP contribution < -0.4 is 5.73 Å². The van der Waals surface area contributed by atoms with E-state index < -0.39 is 12.2 Å². The summed E-state index contributed by atoms with van der Waals surface area (Å²) in [7, 11) is 1.54. The molecule has 6 heteroatoms. The minimum Gasteiger partial charge on any atom is -0.382 e. The monoisotopic (exact) mass is 214 g/mol. The van der Waals surface area contributed by atoms with Crippen molar-refractivity contribution in [1.82, 2.24) is 4.90 Å². The fraction of sp³-hybridized carbons (Fsp3) is 0.556. The van der Waals surface area contributed by atoms with Crippen LogP contribution in [0.5, 0.6) is 0 Å². The number of primary amides is 1. The maximum Gasteiger partial charge on any atom is 0.419 e. The lowest BCUT2D eigenvalue weighted by Gasteiger charge is -2.30. The molecule has 15 heavy (non-hydrogen) atoms. The van der Waals surface area contributed by atoms with E-state index in [2.05, 4.69) is 4.74 Å². The van der Waals surface area contributed by atoms with Crippen molar-refractivity contribution >= 4 is 12.2 Å². The maximum atomic E-state index is 11.4. The van der Waals surface area contributed by atoms with Crippen molar-refractivity contribution in [2.45, 2.75) is 12.5 Å². The van der Waals surface area contributed by atoms with Gasteiger partial charge in [0.25, 0.3) is 0 Å². The lowest BCUT2D eigenvalue weighted by molar-refractivity contribution is 0.0846. The lowest BCUT2D eigenvalue weighted by Crippen LogP contribution is -2.45. The summed E-state index contributed by atoms with van der Waals surface area (Å²) in [6.07, 6.45) is 2.71. The molecule has 1 atom stereocenters. The normalized spacial score (nSPS) is 20.1. The predicted octanol–water partition coefficient (Wildman–Crippen LogP) is 0.479. The summed E-state index contributed by atoms with van der Waals surface area (Å²) in [6.45, 7) is 0.862. The molecule has 1 rings (SSSR count). The smallest absolute Gasteiger partial charge is 0.382 e. The summed E-state index contributed by atoms with van der Waals surface area (Å²) in [5.74, 6) is 0. The molecule has 6 nitrogen and oxygen atoms in total. The van der Waals surface area contributed by atoms with Gasteiger partial charge in [0.15, 0.2) is 0 Å². The Morgan fingerprint density at radius 3 is 2.93 bits per heavy atom. The number of carbonyl (C=O) groups is 2. The van der Waals surface area contributed by atoms with Gasteiger partial charge in [-0.15, -0.1) is 0 Å². The Hall–Kier alpha value is -1.56. The van der Waals surface area contributed by atoms with Gasteiger partial charge in [-0.1, -0.05) is 12.2 Å². The number of methoxy groups -OCH3 is 1. The number of nitrogens with two attached hydrogens (primary N) is 1. The van der Waals surface area contributed by atoms with Crippen molar-refractivity contribution < 1.29 is 19.1 Å². The average molecular weight is 214 g/mol. The molecule has 0 fully saturated rings. The average Bonchev–Trinajstić information content (AvgIpc) is 2.18. The summed E-state index contributed by atoms with van der Waals surface area (Å²) >= 11 is 0. The number of hydrogen-bond acceptors (Lipinski definition) is 4. The molecule has 0 saturated carbocycles. The van der Waals surface area contributed by atoms with Gasteiger partial charge in [0, 0.05) is 13.7 Å². The van der Waals surface area contributed by atoms with Gasteiger partial charge in [-0.2, -0.15) is 0 Å².